The first-order valence-corrected chi connectivity index (χ1v) is 8.38. The first-order chi connectivity index (χ1) is 11.9. The maximum absolute atomic E-state index is 13.5. The number of hydrogen-bond donors (Lipinski definition) is 1. The molecule has 1 unspecified atom stereocenters. The second-order valence-corrected chi connectivity index (χ2v) is 6.82. The summed E-state index contributed by atoms with van der Waals surface area (Å²) < 4.78 is 28.8. The lowest BCUT2D eigenvalue weighted by molar-refractivity contribution is -0.0222. The lowest BCUT2D eigenvalue weighted by atomic mass is 10.0. The van der Waals surface area contributed by atoms with Gasteiger partial charge in [-0.25, -0.2) is 13.8 Å². The molecule has 25 heavy (non-hydrogen) atoms. The van der Waals surface area contributed by atoms with Crippen LogP contribution in [0.2, 0.25) is 0 Å². The second-order valence-electron chi connectivity index (χ2n) is 6.82. The van der Waals surface area contributed by atoms with E-state index in [2.05, 4.69) is 10.2 Å². The summed E-state index contributed by atoms with van der Waals surface area (Å²) in [6.07, 6.45) is 1.23. The molecule has 0 radical (unpaired) electrons. The predicted octanol–water partition coefficient (Wildman–Crippen LogP) is 2.84. The molecule has 1 aromatic carbocycles. The van der Waals surface area contributed by atoms with Gasteiger partial charge in [-0.05, 0) is 31.0 Å². The van der Waals surface area contributed by atoms with Crippen LogP contribution >= 0.6 is 0 Å². The Morgan fingerprint density at radius 3 is 2.64 bits per heavy atom. The van der Waals surface area contributed by atoms with Crippen LogP contribution in [-0.2, 0) is 0 Å². The molecule has 2 N–H and O–H groups in total. The number of alkyl halides is 2. The van der Waals surface area contributed by atoms with E-state index in [9.17, 15) is 8.78 Å². The number of rotatable bonds is 2. The average molecular weight is 346 g/mol. The van der Waals surface area contributed by atoms with Crippen LogP contribution in [0.25, 0.3) is 16.6 Å². The Labute approximate surface area is 143 Å². The van der Waals surface area contributed by atoms with Crippen LogP contribution in [-0.4, -0.2) is 38.6 Å². The van der Waals surface area contributed by atoms with Crippen LogP contribution in [0.4, 0.5) is 14.7 Å². The monoisotopic (exact) mass is 346 g/mol. The molecule has 4 rings (SSSR count). The first-order valence-electron chi connectivity index (χ1n) is 8.38. The quantitative estimate of drug-likeness (QED) is 0.772. The number of piperidine rings is 1. The van der Waals surface area contributed by atoms with Crippen molar-refractivity contribution in [3.05, 3.63) is 29.6 Å². The highest BCUT2D eigenvalue weighted by Gasteiger charge is 2.35. The Bertz CT molecular complexity index is 939. The predicted molar refractivity (Wildman–Crippen MR) is 92.0 cm³/mol. The minimum absolute atomic E-state index is 0.176. The fourth-order valence-corrected chi connectivity index (χ4v) is 3.42. The van der Waals surface area contributed by atoms with Crippen LogP contribution in [0.1, 0.15) is 36.9 Å². The Morgan fingerprint density at radius 1 is 1.24 bits per heavy atom. The maximum Gasteiger partial charge on any atom is 0.251 e. The molecule has 132 valence electrons. The van der Waals surface area contributed by atoms with Crippen molar-refractivity contribution in [3.8, 4) is 0 Å². The minimum Gasteiger partial charge on any atom is -0.341 e. The van der Waals surface area contributed by atoms with E-state index in [0.717, 1.165) is 22.0 Å². The van der Waals surface area contributed by atoms with Gasteiger partial charge in [0.1, 0.15) is 6.33 Å². The zero-order valence-corrected chi connectivity index (χ0v) is 14.2. The molecule has 0 bridgehead atoms. The fraction of sp³-hybridized carbons (Fsp3) is 0.471. The Balaban J connectivity index is 1.94. The van der Waals surface area contributed by atoms with Gasteiger partial charge < -0.3 is 10.6 Å². The lowest BCUT2D eigenvalue weighted by Crippen LogP contribution is -2.40. The van der Waals surface area contributed by atoms with Crippen LogP contribution in [0.15, 0.2) is 18.5 Å². The van der Waals surface area contributed by atoms with Gasteiger partial charge in [0.15, 0.2) is 5.65 Å². The molecular weight excluding hydrogens is 326 g/mol. The summed E-state index contributed by atoms with van der Waals surface area (Å²) in [5.41, 5.74) is 9.55. The third-order valence-corrected chi connectivity index (χ3v) is 4.77. The van der Waals surface area contributed by atoms with Crippen molar-refractivity contribution in [2.75, 3.05) is 18.0 Å². The van der Waals surface area contributed by atoms with Crippen LogP contribution < -0.4 is 10.6 Å². The second kappa shape index (κ2) is 5.59. The van der Waals surface area contributed by atoms with Gasteiger partial charge in [0.25, 0.3) is 5.92 Å². The molecule has 1 fully saturated rings. The molecule has 6 nitrogen and oxygen atoms in total. The van der Waals surface area contributed by atoms with E-state index in [1.807, 2.05) is 30.9 Å². The maximum atomic E-state index is 13.5. The molecule has 1 atom stereocenters. The van der Waals surface area contributed by atoms with E-state index in [0.29, 0.717) is 11.6 Å². The Hall–Kier alpha value is -2.35. The molecule has 1 saturated heterocycles. The molecule has 0 saturated carbocycles. The number of nitrogens with zero attached hydrogens (tertiary/aromatic N) is 5. The summed E-state index contributed by atoms with van der Waals surface area (Å²) >= 11 is 0. The normalized spacial score (nSPS) is 18.8. The summed E-state index contributed by atoms with van der Waals surface area (Å²) in [5.74, 6) is -2.01. The smallest absolute Gasteiger partial charge is 0.251 e. The van der Waals surface area contributed by atoms with Crippen molar-refractivity contribution in [3.63, 3.8) is 0 Å². The van der Waals surface area contributed by atoms with Gasteiger partial charge in [0.2, 0.25) is 5.95 Å². The third-order valence-electron chi connectivity index (χ3n) is 4.77. The highest BCUT2D eigenvalue weighted by molar-refractivity contribution is 5.95. The summed E-state index contributed by atoms with van der Waals surface area (Å²) in [5, 5.41) is 9.11. The Morgan fingerprint density at radius 2 is 1.96 bits per heavy atom. The van der Waals surface area contributed by atoms with E-state index in [4.69, 9.17) is 10.7 Å². The molecule has 0 amide bonds. The van der Waals surface area contributed by atoms with Gasteiger partial charge >= 0.3 is 0 Å². The van der Waals surface area contributed by atoms with Gasteiger partial charge in [-0.3, -0.25) is 4.40 Å². The van der Waals surface area contributed by atoms with Gasteiger partial charge in [0, 0.05) is 37.4 Å². The zero-order chi connectivity index (χ0) is 17.8. The van der Waals surface area contributed by atoms with Gasteiger partial charge in [-0.2, -0.15) is 0 Å². The number of halogens is 2. The van der Waals surface area contributed by atoms with Gasteiger partial charge in [0.05, 0.1) is 5.52 Å². The molecular formula is C17H20F2N6. The highest BCUT2D eigenvalue weighted by atomic mass is 19.3. The summed E-state index contributed by atoms with van der Waals surface area (Å²) in [6, 6.07) is 3.83. The summed E-state index contributed by atoms with van der Waals surface area (Å²) in [4.78, 5) is 6.67. The number of aryl methyl sites for hydroxylation is 1. The molecule has 0 aliphatic carbocycles. The number of anilines is 1. The largest absolute Gasteiger partial charge is 0.341 e. The first kappa shape index (κ1) is 16.1. The Kier molecular flexibility index (Phi) is 3.61. The molecule has 8 heteroatoms. The van der Waals surface area contributed by atoms with E-state index >= 15 is 0 Å². The number of hydrogen-bond acceptors (Lipinski definition) is 5. The molecule has 0 spiro atoms. The van der Waals surface area contributed by atoms with Gasteiger partial charge in [-0.1, -0.05) is 6.07 Å². The van der Waals surface area contributed by atoms with Crippen LogP contribution in [0.5, 0.6) is 0 Å². The standard InChI is InChI=1S/C17H20F2N6/c1-10-7-12(11(2)20)14-13(8-10)15-23-21-9-25(15)16(22-14)24-5-3-17(18,19)4-6-24/h7-9,11H,3-6,20H2,1-2H3. The van der Waals surface area contributed by atoms with Crippen LogP contribution in [0, 0.1) is 6.92 Å². The summed E-state index contributed by atoms with van der Waals surface area (Å²) in [6.45, 7) is 4.40. The van der Waals surface area contributed by atoms with Crippen molar-refractivity contribution >= 4 is 22.5 Å². The molecule has 3 aromatic rings. The molecule has 3 heterocycles. The number of benzene rings is 1. The molecule has 1 aliphatic rings. The van der Waals surface area contributed by atoms with E-state index in [1.54, 1.807) is 10.7 Å². The van der Waals surface area contributed by atoms with Crippen molar-refractivity contribution in [2.45, 2.75) is 38.7 Å². The van der Waals surface area contributed by atoms with Crippen molar-refractivity contribution in [2.24, 2.45) is 5.73 Å². The van der Waals surface area contributed by atoms with Crippen LogP contribution in [0.3, 0.4) is 0 Å². The lowest BCUT2D eigenvalue weighted by Gasteiger charge is -2.32. The van der Waals surface area contributed by atoms with E-state index < -0.39 is 5.92 Å². The average Bonchev–Trinajstić information content (AvgIpc) is 3.03. The van der Waals surface area contributed by atoms with Gasteiger partial charge in [-0.15, -0.1) is 10.2 Å². The fourth-order valence-electron chi connectivity index (χ4n) is 3.42. The third kappa shape index (κ3) is 2.70. The van der Waals surface area contributed by atoms with Crippen molar-refractivity contribution in [1.82, 2.24) is 19.6 Å². The van der Waals surface area contributed by atoms with E-state index in [1.165, 1.54) is 0 Å². The number of fused-ring (bicyclic) bond motifs is 3. The van der Waals surface area contributed by atoms with E-state index in [-0.39, 0.29) is 32.0 Å². The van der Waals surface area contributed by atoms with Crippen molar-refractivity contribution < 1.29 is 8.78 Å². The minimum atomic E-state index is -2.60. The highest BCUT2D eigenvalue weighted by Crippen LogP contribution is 2.33. The zero-order valence-electron chi connectivity index (χ0n) is 14.2. The number of aromatic nitrogens is 4. The molecule has 2 aromatic heterocycles. The number of nitrogens with two attached hydrogens (primary N) is 1. The molecule has 1 aliphatic heterocycles. The summed E-state index contributed by atoms with van der Waals surface area (Å²) in [7, 11) is 0. The SMILES string of the molecule is Cc1cc(C(C)N)c2nc(N3CCC(F)(F)CC3)n3cnnc3c2c1. The van der Waals surface area contributed by atoms with Crippen molar-refractivity contribution in [1.29, 1.82) is 0 Å². The topological polar surface area (TPSA) is 72.3 Å².